The van der Waals surface area contributed by atoms with Crippen LogP contribution in [-0.2, 0) is 14.3 Å². The highest BCUT2D eigenvalue weighted by Crippen LogP contribution is 2.22. The largest absolute Gasteiger partial charge is 0.573 e. The zero-order chi connectivity index (χ0) is 15.9. The Balaban J connectivity index is 2.53. The Hall–Kier alpha value is -2.51. The number of ether oxygens (including phenoxy) is 2. The Bertz CT molecular complexity index is 523. The molecule has 1 N–H and O–H groups in total. The van der Waals surface area contributed by atoms with Crippen LogP contribution in [0.5, 0.6) is 5.75 Å². The molecule has 21 heavy (non-hydrogen) atoms. The van der Waals surface area contributed by atoms with Crippen LogP contribution in [-0.4, -0.2) is 31.9 Å². The topological polar surface area (TPSA) is 64.6 Å². The van der Waals surface area contributed by atoms with Crippen molar-refractivity contribution in [3.05, 3.63) is 35.9 Å². The normalized spacial score (nSPS) is 11.2. The second-order valence-electron chi connectivity index (χ2n) is 3.73. The third kappa shape index (κ3) is 7.00. The third-order valence-corrected chi connectivity index (χ3v) is 2.15. The van der Waals surface area contributed by atoms with Crippen molar-refractivity contribution >= 4 is 18.0 Å². The van der Waals surface area contributed by atoms with E-state index in [2.05, 4.69) is 14.8 Å². The standard InChI is InChI=1S/C13H12F3NO4/c1-17-11(18)8-20-12(19)7-4-9-2-5-10(6-3-9)21-13(14,15)16/h2-7H,8H2,1H3,(H,17,18)/b7-4+. The fourth-order valence-corrected chi connectivity index (χ4v) is 1.20. The van der Waals surface area contributed by atoms with Gasteiger partial charge in [-0.1, -0.05) is 12.1 Å². The van der Waals surface area contributed by atoms with Gasteiger partial charge >= 0.3 is 12.3 Å². The number of carbonyl (C=O) groups excluding carboxylic acids is 2. The van der Waals surface area contributed by atoms with Crippen LogP contribution < -0.4 is 10.1 Å². The molecule has 0 aromatic heterocycles. The molecule has 0 saturated carbocycles. The molecule has 0 radical (unpaired) electrons. The maximum Gasteiger partial charge on any atom is 0.573 e. The summed E-state index contributed by atoms with van der Waals surface area (Å²) in [6.45, 7) is -0.405. The maximum absolute atomic E-state index is 11.9. The number of halogens is 3. The second kappa shape index (κ2) is 7.32. The Labute approximate surface area is 118 Å². The van der Waals surface area contributed by atoms with Crippen molar-refractivity contribution in [1.82, 2.24) is 5.32 Å². The molecule has 1 rings (SSSR count). The van der Waals surface area contributed by atoms with E-state index in [1.165, 1.54) is 25.3 Å². The highest BCUT2D eigenvalue weighted by molar-refractivity contribution is 5.89. The number of hydrogen-bond donors (Lipinski definition) is 1. The van der Waals surface area contributed by atoms with Crippen molar-refractivity contribution in [2.24, 2.45) is 0 Å². The minimum atomic E-state index is -4.75. The molecule has 8 heteroatoms. The first-order valence-electron chi connectivity index (χ1n) is 5.71. The highest BCUT2D eigenvalue weighted by Gasteiger charge is 2.30. The fraction of sp³-hybridized carbons (Fsp3) is 0.231. The molecule has 0 atom stereocenters. The molecule has 0 unspecified atom stereocenters. The van der Waals surface area contributed by atoms with Crippen molar-refractivity contribution in [3.63, 3.8) is 0 Å². The van der Waals surface area contributed by atoms with Gasteiger partial charge in [-0.15, -0.1) is 13.2 Å². The lowest BCUT2D eigenvalue weighted by molar-refractivity contribution is -0.274. The smallest absolute Gasteiger partial charge is 0.452 e. The quantitative estimate of drug-likeness (QED) is 0.666. The Morgan fingerprint density at radius 1 is 1.24 bits per heavy atom. The van der Waals surface area contributed by atoms with Crippen molar-refractivity contribution in [2.45, 2.75) is 6.36 Å². The van der Waals surface area contributed by atoms with Gasteiger partial charge in [-0.3, -0.25) is 4.79 Å². The van der Waals surface area contributed by atoms with Gasteiger partial charge in [-0.05, 0) is 23.8 Å². The van der Waals surface area contributed by atoms with Crippen LogP contribution in [0.1, 0.15) is 5.56 Å². The van der Waals surface area contributed by atoms with Crippen LogP contribution in [0.2, 0.25) is 0 Å². The zero-order valence-corrected chi connectivity index (χ0v) is 10.9. The molecule has 0 spiro atoms. The van der Waals surface area contributed by atoms with Gasteiger partial charge in [-0.2, -0.15) is 0 Å². The molecule has 0 aliphatic rings. The predicted molar refractivity (Wildman–Crippen MR) is 67.2 cm³/mol. The molecule has 0 heterocycles. The van der Waals surface area contributed by atoms with Gasteiger partial charge in [0.25, 0.3) is 5.91 Å². The van der Waals surface area contributed by atoms with Gasteiger partial charge in [-0.25, -0.2) is 4.79 Å². The third-order valence-electron chi connectivity index (χ3n) is 2.15. The van der Waals surface area contributed by atoms with Crippen LogP contribution in [0.4, 0.5) is 13.2 Å². The molecule has 114 valence electrons. The molecular weight excluding hydrogens is 291 g/mol. The zero-order valence-electron chi connectivity index (χ0n) is 10.9. The van der Waals surface area contributed by atoms with E-state index in [-0.39, 0.29) is 5.75 Å². The van der Waals surface area contributed by atoms with Crippen molar-refractivity contribution in [2.75, 3.05) is 13.7 Å². The minimum absolute atomic E-state index is 0.359. The SMILES string of the molecule is CNC(=O)COC(=O)/C=C/c1ccc(OC(F)(F)F)cc1. The number of nitrogens with one attached hydrogen (secondary N) is 1. The number of carbonyl (C=O) groups is 2. The highest BCUT2D eigenvalue weighted by atomic mass is 19.4. The van der Waals surface area contributed by atoms with Gasteiger partial charge < -0.3 is 14.8 Å². The predicted octanol–water partition coefficient (Wildman–Crippen LogP) is 1.89. The number of esters is 1. The molecule has 5 nitrogen and oxygen atoms in total. The summed E-state index contributed by atoms with van der Waals surface area (Å²) in [5, 5.41) is 2.27. The number of amides is 1. The number of hydrogen-bond acceptors (Lipinski definition) is 4. The number of likely N-dealkylation sites (N-methyl/N-ethyl adjacent to an activating group) is 1. The lowest BCUT2D eigenvalue weighted by atomic mass is 10.2. The summed E-state index contributed by atoms with van der Waals surface area (Å²) >= 11 is 0. The van der Waals surface area contributed by atoms with E-state index >= 15 is 0 Å². The van der Waals surface area contributed by atoms with E-state index in [9.17, 15) is 22.8 Å². The molecule has 0 fully saturated rings. The molecule has 0 bridgehead atoms. The van der Waals surface area contributed by atoms with E-state index in [1.54, 1.807) is 0 Å². The summed E-state index contributed by atoms with van der Waals surface area (Å²) in [5.41, 5.74) is 0.474. The number of alkyl halides is 3. The van der Waals surface area contributed by atoms with Gasteiger partial charge in [0.15, 0.2) is 6.61 Å². The van der Waals surface area contributed by atoms with E-state index < -0.39 is 24.8 Å². The van der Waals surface area contributed by atoms with Crippen molar-refractivity contribution in [1.29, 1.82) is 0 Å². The molecular formula is C13H12F3NO4. The van der Waals surface area contributed by atoms with Crippen LogP contribution >= 0.6 is 0 Å². The van der Waals surface area contributed by atoms with Crippen LogP contribution in [0.3, 0.4) is 0 Å². The summed E-state index contributed by atoms with van der Waals surface area (Å²) in [6, 6.07) is 4.90. The number of benzene rings is 1. The summed E-state index contributed by atoms with van der Waals surface area (Å²) in [6.07, 6.45) is -2.35. The first-order valence-corrected chi connectivity index (χ1v) is 5.71. The van der Waals surface area contributed by atoms with Crippen LogP contribution in [0, 0.1) is 0 Å². The average Bonchev–Trinajstić information content (AvgIpc) is 2.42. The summed E-state index contributed by atoms with van der Waals surface area (Å²) in [7, 11) is 1.40. The fourth-order valence-electron chi connectivity index (χ4n) is 1.20. The van der Waals surface area contributed by atoms with Gasteiger partial charge in [0.05, 0.1) is 0 Å². The first kappa shape index (κ1) is 16.5. The summed E-state index contributed by atoms with van der Waals surface area (Å²) < 4.78 is 44.1. The Morgan fingerprint density at radius 2 is 1.86 bits per heavy atom. The van der Waals surface area contributed by atoms with E-state index in [4.69, 9.17) is 0 Å². The summed E-state index contributed by atoms with van der Waals surface area (Å²) in [4.78, 5) is 22.1. The molecule has 0 saturated heterocycles. The Morgan fingerprint density at radius 3 is 2.38 bits per heavy atom. The molecule has 1 amide bonds. The van der Waals surface area contributed by atoms with Crippen molar-refractivity contribution < 1.29 is 32.2 Å². The maximum atomic E-state index is 11.9. The van der Waals surface area contributed by atoms with E-state index in [0.717, 1.165) is 18.2 Å². The van der Waals surface area contributed by atoms with E-state index in [1.807, 2.05) is 0 Å². The lowest BCUT2D eigenvalue weighted by Gasteiger charge is -2.08. The van der Waals surface area contributed by atoms with Gasteiger partial charge in [0, 0.05) is 13.1 Å². The first-order chi connectivity index (χ1) is 9.80. The second-order valence-corrected chi connectivity index (χ2v) is 3.73. The minimum Gasteiger partial charge on any atom is -0.452 e. The van der Waals surface area contributed by atoms with Gasteiger partial charge in [0.1, 0.15) is 5.75 Å². The average molecular weight is 303 g/mol. The molecule has 1 aromatic carbocycles. The lowest BCUT2D eigenvalue weighted by Crippen LogP contribution is -2.24. The molecule has 0 aliphatic carbocycles. The van der Waals surface area contributed by atoms with Crippen LogP contribution in [0.25, 0.3) is 6.08 Å². The van der Waals surface area contributed by atoms with Gasteiger partial charge in [0.2, 0.25) is 0 Å². The Kier molecular flexibility index (Phi) is 5.77. The monoisotopic (exact) mass is 303 g/mol. The number of rotatable bonds is 5. The van der Waals surface area contributed by atoms with Crippen LogP contribution in [0.15, 0.2) is 30.3 Å². The van der Waals surface area contributed by atoms with Crippen molar-refractivity contribution in [3.8, 4) is 5.75 Å². The van der Waals surface area contributed by atoms with E-state index in [0.29, 0.717) is 5.56 Å². The molecule has 1 aromatic rings. The summed E-state index contributed by atoms with van der Waals surface area (Å²) in [5.74, 6) is -1.55. The molecule has 0 aliphatic heterocycles.